The van der Waals surface area contributed by atoms with Crippen LogP contribution in [0.5, 0.6) is 0 Å². The number of benzene rings is 6. The second-order valence-corrected chi connectivity index (χ2v) is 17.0. The van der Waals surface area contributed by atoms with E-state index in [1.54, 1.807) is 125 Å². The quantitative estimate of drug-likeness (QED) is 0.0727. The average Bonchev–Trinajstić information content (AvgIpc) is 3.97. The molecule has 0 amide bonds. The lowest BCUT2D eigenvalue weighted by atomic mass is 9.82. The Kier molecular flexibility index (Phi) is 14.2. The molecule has 0 N–H and O–H groups in total. The van der Waals surface area contributed by atoms with Crippen molar-refractivity contribution in [3.63, 3.8) is 0 Å². The smallest absolute Gasteiger partial charge is 0.338 e. The van der Waals surface area contributed by atoms with E-state index in [1.165, 1.54) is 0 Å². The molecule has 2 heterocycles. The minimum atomic E-state index is -1.75. The first-order valence-corrected chi connectivity index (χ1v) is 23.6. The summed E-state index contributed by atoms with van der Waals surface area (Å²) >= 11 is 7.78. The molecule has 0 bridgehead atoms. The van der Waals surface area contributed by atoms with Crippen LogP contribution in [0.1, 0.15) is 103 Å². The van der Waals surface area contributed by atoms with Gasteiger partial charge >= 0.3 is 23.9 Å². The van der Waals surface area contributed by atoms with Gasteiger partial charge in [-0.1, -0.05) is 117 Å². The SMILES string of the molecule is CCOC(=O)c1ccc(C2=NC(c3ccccc3Br)(C3(c4ccccc4Br)N=C(c4ccc(C(=O)OCC)cc4)C(c4ccc(C(=O)OCC)cc4)=N3)N=C2c2ccc(C(=O)OCC)cc2)cc1. The van der Waals surface area contributed by atoms with Gasteiger partial charge in [0.05, 0.1) is 71.5 Å². The van der Waals surface area contributed by atoms with Gasteiger partial charge < -0.3 is 18.9 Å². The van der Waals surface area contributed by atoms with E-state index in [-0.39, 0.29) is 26.4 Å². The van der Waals surface area contributed by atoms with Crippen molar-refractivity contribution in [2.24, 2.45) is 20.0 Å². The summed E-state index contributed by atoms with van der Waals surface area (Å²) in [5.74, 6) is -1.86. The number of nitrogens with zero attached hydrogens (tertiary/aromatic N) is 4. The van der Waals surface area contributed by atoms with Crippen LogP contribution in [0.25, 0.3) is 0 Å². The maximum Gasteiger partial charge on any atom is 0.338 e. The van der Waals surface area contributed by atoms with Crippen LogP contribution in [0.15, 0.2) is 175 Å². The molecule has 2 aliphatic heterocycles. The zero-order valence-corrected chi connectivity index (χ0v) is 40.7. The lowest BCUT2D eigenvalue weighted by molar-refractivity contribution is 0.0516. The third kappa shape index (κ3) is 9.01. The van der Waals surface area contributed by atoms with E-state index in [0.29, 0.717) is 87.4 Å². The largest absolute Gasteiger partial charge is 0.462 e. The van der Waals surface area contributed by atoms with Gasteiger partial charge in [0, 0.05) is 42.3 Å². The van der Waals surface area contributed by atoms with E-state index in [0.717, 1.165) is 0 Å². The van der Waals surface area contributed by atoms with E-state index in [4.69, 9.17) is 38.9 Å². The molecule has 12 nitrogen and oxygen atoms in total. The van der Waals surface area contributed by atoms with Gasteiger partial charge in [0.15, 0.2) is 0 Å². The number of esters is 4. The summed E-state index contributed by atoms with van der Waals surface area (Å²) in [4.78, 5) is 74.5. The predicted molar refractivity (Wildman–Crippen MR) is 267 cm³/mol. The Bertz CT molecular complexity index is 2670. The summed E-state index contributed by atoms with van der Waals surface area (Å²) < 4.78 is 22.6. The summed E-state index contributed by atoms with van der Waals surface area (Å²) in [6.45, 7) is 7.86. The molecule has 0 atom stereocenters. The Hall–Kier alpha value is -7.16. The summed E-state index contributed by atoms with van der Waals surface area (Å²) in [6.07, 6.45) is 0. The maximum atomic E-state index is 12.9. The molecule has 14 heteroatoms. The van der Waals surface area contributed by atoms with Gasteiger partial charge in [0.1, 0.15) is 0 Å². The number of rotatable bonds is 15. The van der Waals surface area contributed by atoms with Crippen LogP contribution in [0.4, 0.5) is 0 Å². The summed E-state index contributed by atoms with van der Waals surface area (Å²) in [6, 6.07) is 43.1. The summed E-state index contributed by atoms with van der Waals surface area (Å²) in [5, 5.41) is 0. The fourth-order valence-electron chi connectivity index (χ4n) is 8.04. The fourth-order valence-corrected chi connectivity index (χ4v) is 9.17. The minimum Gasteiger partial charge on any atom is -0.462 e. The zero-order valence-electron chi connectivity index (χ0n) is 37.5. The van der Waals surface area contributed by atoms with Crippen LogP contribution in [0.3, 0.4) is 0 Å². The zero-order chi connectivity index (χ0) is 48.0. The van der Waals surface area contributed by atoms with E-state index >= 15 is 0 Å². The molecule has 6 aromatic carbocycles. The van der Waals surface area contributed by atoms with Gasteiger partial charge in [0.25, 0.3) is 0 Å². The molecule has 0 radical (unpaired) electrons. The normalized spacial score (nSPS) is 14.5. The van der Waals surface area contributed by atoms with E-state index in [1.807, 2.05) is 48.5 Å². The standard InChI is InChI=1S/C54H44Br2N4O8/c1-5-65-49(61)37-25-17-33(18-26-37)45-46(34-19-27-38(28-20-34)50(62)66-6-2)58-53(57-45,41-13-9-11-15-43(41)55)54(42-14-10-12-16-44(42)56)59-47(35-21-29-39(30-22-35)51(63)67-7-3)48(60-54)36-23-31-40(32-24-36)52(64)68-8-4/h9-32H,5-8H2,1-4H3. The minimum absolute atomic E-state index is 0.216. The predicted octanol–water partition coefficient (Wildman–Crippen LogP) is 10.9. The monoisotopic (exact) mass is 1030 g/mol. The molecule has 0 aromatic heterocycles. The topological polar surface area (TPSA) is 155 Å². The Morgan fingerprint density at radius 1 is 0.368 bits per heavy atom. The van der Waals surface area contributed by atoms with Crippen LogP contribution >= 0.6 is 31.9 Å². The fraction of sp³-hybridized carbons (Fsp3) is 0.185. The molecule has 2 aliphatic rings. The number of carbonyl (C=O) groups excluding carboxylic acids is 4. The molecule has 8 rings (SSSR count). The van der Waals surface area contributed by atoms with Gasteiger partial charge in [-0.3, -0.25) is 0 Å². The molecule has 0 aliphatic carbocycles. The average molecular weight is 1040 g/mol. The number of hydrogen-bond acceptors (Lipinski definition) is 12. The van der Waals surface area contributed by atoms with Crippen molar-refractivity contribution in [1.29, 1.82) is 0 Å². The first-order valence-electron chi connectivity index (χ1n) is 22.0. The third-order valence-corrected chi connectivity index (χ3v) is 12.6. The van der Waals surface area contributed by atoms with Gasteiger partial charge in [-0.15, -0.1) is 0 Å². The van der Waals surface area contributed by atoms with Gasteiger partial charge in [0.2, 0.25) is 11.3 Å². The molecule has 0 spiro atoms. The molecule has 6 aromatic rings. The van der Waals surface area contributed by atoms with Gasteiger partial charge in [-0.05, 0) is 88.4 Å². The van der Waals surface area contributed by atoms with E-state index in [9.17, 15) is 19.2 Å². The number of hydrogen-bond donors (Lipinski definition) is 0. The van der Waals surface area contributed by atoms with E-state index in [2.05, 4.69) is 31.9 Å². The highest BCUT2D eigenvalue weighted by atomic mass is 79.9. The highest BCUT2D eigenvalue weighted by molar-refractivity contribution is 9.10. The Labute approximate surface area is 410 Å². The lowest BCUT2D eigenvalue weighted by Gasteiger charge is -2.39. The second kappa shape index (κ2) is 20.4. The van der Waals surface area contributed by atoms with Crippen LogP contribution in [-0.2, 0) is 30.3 Å². The lowest BCUT2D eigenvalue weighted by Crippen LogP contribution is -2.43. The number of carbonyl (C=O) groups is 4. The molecule has 0 saturated heterocycles. The van der Waals surface area contributed by atoms with Crippen LogP contribution < -0.4 is 0 Å². The number of aliphatic imine (C=N–C) groups is 4. The highest BCUT2D eigenvalue weighted by Gasteiger charge is 2.61. The molecule has 342 valence electrons. The van der Waals surface area contributed by atoms with Crippen molar-refractivity contribution in [3.05, 3.63) is 210 Å². The number of halogens is 2. The second-order valence-electron chi connectivity index (χ2n) is 15.3. The van der Waals surface area contributed by atoms with Crippen molar-refractivity contribution >= 4 is 78.6 Å². The van der Waals surface area contributed by atoms with Crippen LogP contribution in [0, 0.1) is 0 Å². The van der Waals surface area contributed by atoms with Crippen molar-refractivity contribution in [2.75, 3.05) is 26.4 Å². The first kappa shape index (κ1) is 47.3. The van der Waals surface area contributed by atoms with Crippen LogP contribution in [0.2, 0.25) is 0 Å². The van der Waals surface area contributed by atoms with Crippen molar-refractivity contribution in [3.8, 4) is 0 Å². The maximum absolute atomic E-state index is 12.9. The molecular formula is C54H44Br2N4O8. The van der Waals surface area contributed by atoms with Gasteiger partial charge in [-0.25, -0.2) is 39.1 Å². The van der Waals surface area contributed by atoms with Gasteiger partial charge in [-0.2, -0.15) is 0 Å². The Balaban J connectivity index is 1.47. The summed E-state index contributed by atoms with van der Waals surface area (Å²) in [5.41, 5.74) is 3.44. The molecular weight excluding hydrogens is 992 g/mol. The molecule has 68 heavy (non-hydrogen) atoms. The molecule has 0 saturated carbocycles. The molecule has 0 fully saturated rings. The third-order valence-electron chi connectivity index (χ3n) is 11.2. The van der Waals surface area contributed by atoms with Crippen molar-refractivity contribution in [2.45, 2.75) is 39.0 Å². The Morgan fingerprint density at radius 3 is 0.794 bits per heavy atom. The van der Waals surface area contributed by atoms with Crippen molar-refractivity contribution < 1.29 is 38.1 Å². The summed E-state index contributed by atoms with van der Waals surface area (Å²) in [7, 11) is 0. The number of ether oxygens (including phenoxy) is 4. The van der Waals surface area contributed by atoms with Crippen LogP contribution in [-0.4, -0.2) is 73.2 Å². The first-order chi connectivity index (χ1) is 33.0. The van der Waals surface area contributed by atoms with Crippen molar-refractivity contribution in [1.82, 2.24) is 0 Å². The highest BCUT2D eigenvalue weighted by Crippen LogP contribution is 2.57. The van der Waals surface area contributed by atoms with E-state index < -0.39 is 35.2 Å². The Morgan fingerprint density at radius 2 is 0.588 bits per heavy atom. The molecule has 0 unspecified atom stereocenters.